The van der Waals surface area contributed by atoms with Gasteiger partial charge in [-0.15, -0.1) is 0 Å². The minimum atomic E-state index is -0.283. The quantitative estimate of drug-likeness (QED) is 0.719. The Morgan fingerprint density at radius 2 is 1.82 bits per heavy atom. The summed E-state index contributed by atoms with van der Waals surface area (Å²) in [4.78, 5) is 28.9. The fourth-order valence-corrected chi connectivity index (χ4v) is 4.16. The molecule has 0 aliphatic carbocycles. The summed E-state index contributed by atoms with van der Waals surface area (Å²) in [6.07, 6.45) is 1.80. The number of nitrogens with one attached hydrogen (secondary N) is 1. The van der Waals surface area contributed by atoms with Gasteiger partial charge in [0.25, 0.3) is 5.91 Å². The molecule has 144 valence electrons. The Labute approximate surface area is 171 Å². The molecule has 0 fully saturated rings. The van der Waals surface area contributed by atoms with Crippen LogP contribution in [0.5, 0.6) is 11.5 Å². The molecule has 1 aliphatic rings. The van der Waals surface area contributed by atoms with Crippen molar-refractivity contribution >= 4 is 51.5 Å². The number of amides is 2. The summed E-state index contributed by atoms with van der Waals surface area (Å²) in [5, 5.41) is 2.79. The highest BCUT2D eigenvalue weighted by atomic mass is 32.2. The molecule has 2 amide bonds. The van der Waals surface area contributed by atoms with Gasteiger partial charge in [0.1, 0.15) is 15.9 Å². The Bertz CT molecular complexity index is 920. The molecule has 0 radical (unpaired) electrons. The maximum atomic E-state index is 12.2. The lowest BCUT2D eigenvalue weighted by Crippen LogP contribution is -2.14. The maximum absolute atomic E-state index is 12.2. The van der Waals surface area contributed by atoms with Crippen LogP contribution in [-0.4, -0.2) is 36.2 Å². The zero-order valence-electron chi connectivity index (χ0n) is 15.3. The van der Waals surface area contributed by atoms with E-state index in [0.29, 0.717) is 26.5 Å². The second-order valence-corrected chi connectivity index (χ2v) is 7.90. The molecular formula is C20H18N2O4S2. The van der Waals surface area contributed by atoms with Crippen LogP contribution in [0.15, 0.2) is 58.4 Å². The zero-order valence-corrected chi connectivity index (χ0v) is 16.9. The number of hydrogen-bond acceptors (Lipinski definition) is 6. The lowest BCUT2D eigenvalue weighted by molar-refractivity contribution is -0.114. The van der Waals surface area contributed by atoms with Crippen LogP contribution in [0.25, 0.3) is 6.08 Å². The topological polar surface area (TPSA) is 77.0 Å². The van der Waals surface area contributed by atoms with Crippen molar-refractivity contribution in [1.29, 1.82) is 0 Å². The van der Waals surface area contributed by atoms with Gasteiger partial charge in [0.05, 0.1) is 24.9 Å². The van der Waals surface area contributed by atoms with Crippen LogP contribution in [0.3, 0.4) is 0 Å². The Kier molecular flexibility index (Phi) is 6.78. The first-order chi connectivity index (χ1) is 13.6. The Morgan fingerprint density at radius 1 is 1.14 bits per heavy atom. The van der Waals surface area contributed by atoms with E-state index in [1.165, 1.54) is 23.5 Å². The monoisotopic (exact) mass is 414 g/mol. The van der Waals surface area contributed by atoms with Crippen molar-refractivity contribution in [3.63, 3.8) is 0 Å². The first-order valence-corrected chi connectivity index (χ1v) is 10.1. The number of nitrogens with zero attached hydrogens (tertiary/aromatic N) is 1. The summed E-state index contributed by atoms with van der Waals surface area (Å²) >= 11 is 2.50. The van der Waals surface area contributed by atoms with E-state index in [0.717, 1.165) is 5.56 Å². The molecule has 1 aliphatic heterocycles. The molecule has 0 aromatic heterocycles. The predicted octanol–water partition coefficient (Wildman–Crippen LogP) is 4.05. The number of benzene rings is 2. The largest absolute Gasteiger partial charge is 0.497 e. The van der Waals surface area contributed by atoms with Gasteiger partial charge in [-0.25, -0.2) is 0 Å². The third kappa shape index (κ3) is 5.40. The number of rotatable bonds is 6. The standard InChI is InChI=1S/C20H18N2O4S2/c1-25-15-9-14(10-16(11-15)26-2)21-18(23)12-27-20-22-19(24)17(28-20)8-13-6-4-3-5-7-13/h3-11H,12H2,1-2H3,(H,21,23)/b17-8+. The first kappa shape index (κ1) is 20.0. The molecular weight excluding hydrogens is 396 g/mol. The molecule has 0 spiro atoms. The number of ether oxygens (including phenoxy) is 2. The second kappa shape index (κ2) is 9.48. The Morgan fingerprint density at radius 3 is 2.46 bits per heavy atom. The van der Waals surface area contributed by atoms with E-state index in [-0.39, 0.29) is 17.6 Å². The van der Waals surface area contributed by atoms with Crippen LogP contribution >= 0.6 is 23.5 Å². The van der Waals surface area contributed by atoms with Crippen molar-refractivity contribution in [2.45, 2.75) is 0 Å². The fraction of sp³-hybridized carbons (Fsp3) is 0.150. The smallest absolute Gasteiger partial charge is 0.285 e. The number of carbonyl (C=O) groups excluding carboxylic acids is 2. The minimum absolute atomic E-state index is 0.136. The molecule has 2 aromatic carbocycles. The van der Waals surface area contributed by atoms with Gasteiger partial charge in [-0.05, 0) is 11.6 Å². The SMILES string of the molecule is COc1cc(NC(=O)CSC2=NC(=O)/C(=C\c3ccccc3)S2)cc(OC)c1. The van der Waals surface area contributed by atoms with Gasteiger partial charge in [0, 0.05) is 23.9 Å². The second-order valence-electron chi connectivity index (χ2n) is 5.64. The fourth-order valence-electron chi connectivity index (χ4n) is 2.36. The van der Waals surface area contributed by atoms with E-state index in [1.54, 1.807) is 38.5 Å². The number of carbonyl (C=O) groups is 2. The van der Waals surface area contributed by atoms with Crippen LogP contribution in [0.2, 0.25) is 0 Å². The summed E-state index contributed by atoms with van der Waals surface area (Å²) in [5.41, 5.74) is 1.51. The summed E-state index contributed by atoms with van der Waals surface area (Å²) in [7, 11) is 3.09. The highest BCUT2D eigenvalue weighted by Crippen LogP contribution is 2.34. The molecule has 1 heterocycles. The zero-order chi connectivity index (χ0) is 19.9. The van der Waals surface area contributed by atoms with Gasteiger partial charge < -0.3 is 14.8 Å². The van der Waals surface area contributed by atoms with E-state index < -0.39 is 0 Å². The van der Waals surface area contributed by atoms with Gasteiger partial charge in [-0.3, -0.25) is 9.59 Å². The molecule has 8 heteroatoms. The Hall–Kier alpha value is -2.71. The molecule has 1 N–H and O–H groups in total. The lowest BCUT2D eigenvalue weighted by atomic mass is 10.2. The van der Waals surface area contributed by atoms with Gasteiger partial charge >= 0.3 is 0 Å². The van der Waals surface area contributed by atoms with Crippen LogP contribution in [0, 0.1) is 0 Å². The highest BCUT2D eigenvalue weighted by molar-refractivity contribution is 8.41. The van der Waals surface area contributed by atoms with Gasteiger partial charge in [0.15, 0.2) is 0 Å². The highest BCUT2D eigenvalue weighted by Gasteiger charge is 2.22. The van der Waals surface area contributed by atoms with Crippen LogP contribution in [0.1, 0.15) is 5.56 Å². The van der Waals surface area contributed by atoms with Gasteiger partial charge in [0.2, 0.25) is 5.91 Å². The summed E-state index contributed by atoms with van der Waals surface area (Å²) in [6.45, 7) is 0. The summed E-state index contributed by atoms with van der Waals surface area (Å²) < 4.78 is 10.9. The molecule has 28 heavy (non-hydrogen) atoms. The third-order valence-corrected chi connectivity index (χ3v) is 5.79. The van der Waals surface area contributed by atoms with Crippen molar-refractivity contribution in [1.82, 2.24) is 0 Å². The van der Waals surface area contributed by atoms with Gasteiger partial charge in [-0.2, -0.15) is 4.99 Å². The average molecular weight is 415 g/mol. The van der Waals surface area contributed by atoms with E-state index in [1.807, 2.05) is 30.3 Å². The number of hydrogen-bond donors (Lipinski definition) is 1. The molecule has 3 rings (SSSR count). The number of aliphatic imine (C=N–C) groups is 1. The van der Waals surface area contributed by atoms with Crippen molar-refractivity contribution in [2.75, 3.05) is 25.3 Å². The lowest BCUT2D eigenvalue weighted by Gasteiger charge is -2.09. The molecule has 0 bridgehead atoms. The molecule has 0 saturated heterocycles. The maximum Gasteiger partial charge on any atom is 0.285 e. The van der Waals surface area contributed by atoms with Crippen molar-refractivity contribution in [3.8, 4) is 11.5 Å². The van der Waals surface area contributed by atoms with E-state index in [9.17, 15) is 9.59 Å². The molecule has 6 nitrogen and oxygen atoms in total. The van der Waals surface area contributed by atoms with Crippen LogP contribution < -0.4 is 14.8 Å². The van der Waals surface area contributed by atoms with Crippen molar-refractivity contribution < 1.29 is 19.1 Å². The number of thioether (sulfide) groups is 2. The molecule has 0 saturated carbocycles. The van der Waals surface area contributed by atoms with Crippen LogP contribution in [0.4, 0.5) is 5.69 Å². The van der Waals surface area contributed by atoms with E-state index in [2.05, 4.69) is 10.3 Å². The molecule has 0 atom stereocenters. The van der Waals surface area contributed by atoms with Crippen molar-refractivity contribution in [3.05, 3.63) is 59.0 Å². The predicted molar refractivity (Wildman–Crippen MR) is 115 cm³/mol. The number of methoxy groups -OCH3 is 2. The number of anilines is 1. The molecule has 2 aromatic rings. The minimum Gasteiger partial charge on any atom is -0.497 e. The van der Waals surface area contributed by atoms with E-state index in [4.69, 9.17) is 9.47 Å². The van der Waals surface area contributed by atoms with E-state index >= 15 is 0 Å². The Balaban J connectivity index is 1.56. The summed E-state index contributed by atoms with van der Waals surface area (Å²) in [5.74, 6) is 0.807. The van der Waals surface area contributed by atoms with Crippen LogP contribution in [-0.2, 0) is 9.59 Å². The average Bonchev–Trinajstić information content (AvgIpc) is 3.06. The first-order valence-electron chi connectivity index (χ1n) is 8.30. The van der Waals surface area contributed by atoms with Crippen molar-refractivity contribution in [2.24, 2.45) is 4.99 Å². The molecule has 0 unspecified atom stereocenters. The van der Waals surface area contributed by atoms with Gasteiger partial charge in [-0.1, -0.05) is 53.9 Å². The normalized spacial score (nSPS) is 14.7. The summed E-state index contributed by atoms with van der Waals surface area (Å²) in [6, 6.07) is 14.7. The third-order valence-electron chi connectivity index (χ3n) is 3.66.